The number of aryl methyl sites for hydroxylation is 3. The highest BCUT2D eigenvalue weighted by Gasteiger charge is 2.25. The molecule has 0 aliphatic carbocycles. The maximum Gasteiger partial charge on any atom is 0.342 e. The highest BCUT2D eigenvalue weighted by Crippen LogP contribution is 2.31. The van der Waals surface area contributed by atoms with E-state index in [0.29, 0.717) is 22.5 Å². The molecule has 0 atom stereocenters. The second-order valence-corrected chi connectivity index (χ2v) is 6.24. The molecule has 0 fully saturated rings. The second-order valence-electron chi connectivity index (χ2n) is 6.24. The first-order chi connectivity index (χ1) is 12.4. The third-order valence-corrected chi connectivity index (χ3v) is 4.24. The fraction of sp³-hybridized carbons (Fsp3) is 0.238. The van der Waals surface area contributed by atoms with Gasteiger partial charge in [-0.3, -0.25) is 0 Å². The van der Waals surface area contributed by atoms with Gasteiger partial charge in [0.15, 0.2) is 0 Å². The van der Waals surface area contributed by atoms with Gasteiger partial charge in [0.25, 0.3) is 0 Å². The zero-order valence-corrected chi connectivity index (χ0v) is 15.3. The molecule has 1 aromatic heterocycles. The summed E-state index contributed by atoms with van der Waals surface area (Å²) in [5.41, 5.74) is 5.33. The van der Waals surface area contributed by atoms with Crippen LogP contribution in [0.5, 0.6) is 0 Å². The molecule has 0 aliphatic rings. The average molecular weight is 352 g/mol. The predicted octanol–water partition coefficient (Wildman–Crippen LogP) is 4.78. The van der Waals surface area contributed by atoms with Crippen molar-refractivity contribution in [2.24, 2.45) is 0 Å². The predicted molar refractivity (Wildman–Crippen MR) is 99.1 cm³/mol. The number of ether oxygens (including phenoxy) is 1. The molecule has 0 amide bonds. The minimum atomic E-state index is -0.430. The molecule has 5 heteroatoms. The minimum absolute atomic E-state index is 0.274. The number of carbonyl (C=O) groups excluding carboxylic acids is 1. The number of hydrogen-bond donors (Lipinski definition) is 0. The third-order valence-electron chi connectivity index (χ3n) is 4.24. The summed E-state index contributed by atoms with van der Waals surface area (Å²) in [7, 11) is 0. The molecule has 3 aromatic rings. The first-order valence-electron chi connectivity index (χ1n) is 8.52. The fourth-order valence-electron chi connectivity index (χ4n) is 3.07. The summed E-state index contributed by atoms with van der Waals surface area (Å²) in [4.78, 5) is 12.6. The lowest BCUT2D eigenvalue weighted by Crippen LogP contribution is -2.08. The van der Waals surface area contributed by atoms with E-state index in [2.05, 4.69) is 11.2 Å². The van der Waals surface area contributed by atoms with E-state index in [4.69, 9.17) is 4.74 Å². The Bertz CT molecular complexity index is 959. The van der Waals surface area contributed by atoms with Crippen LogP contribution in [0.4, 0.5) is 4.39 Å². The van der Waals surface area contributed by atoms with E-state index in [9.17, 15) is 9.18 Å². The van der Waals surface area contributed by atoms with E-state index >= 15 is 0 Å². The number of aromatic nitrogens is 2. The summed E-state index contributed by atoms with van der Waals surface area (Å²) in [6.45, 7) is 7.84. The van der Waals surface area contributed by atoms with Crippen LogP contribution in [-0.2, 0) is 4.74 Å². The summed E-state index contributed by atoms with van der Waals surface area (Å²) in [6.07, 6.45) is 0. The Balaban J connectivity index is 2.29. The Morgan fingerprint density at radius 1 is 1.12 bits per heavy atom. The van der Waals surface area contributed by atoms with Crippen LogP contribution >= 0.6 is 0 Å². The maximum atomic E-state index is 13.4. The molecule has 0 bridgehead atoms. The zero-order chi connectivity index (χ0) is 18.8. The number of benzene rings is 2. The molecule has 0 N–H and O–H groups in total. The molecular weight excluding hydrogens is 331 g/mol. The first-order valence-corrected chi connectivity index (χ1v) is 8.52. The van der Waals surface area contributed by atoms with E-state index in [1.54, 1.807) is 30.7 Å². The summed E-state index contributed by atoms with van der Waals surface area (Å²) in [5.74, 6) is -0.763. The van der Waals surface area contributed by atoms with E-state index in [0.717, 1.165) is 16.8 Å². The van der Waals surface area contributed by atoms with Crippen LogP contribution in [0.25, 0.3) is 16.9 Å². The maximum absolute atomic E-state index is 13.4. The molecule has 1 heterocycles. The van der Waals surface area contributed by atoms with Crippen LogP contribution in [0.1, 0.15) is 34.1 Å². The van der Waals surface area contributed by atoms with Crippen molar-refractivity contribution in [3.8, 4) is 16.9 Å². The smallest absolute Gasteiger partial charge is 0.342 e. The van der Waals surface area contributed by atoms with E-state index < -0.39 is 5.97 Å². The topological polar surface area (TPSA) is 44.1 Å². The largest absolute Gasteiger partial charge is 0.462 e. The van der Waals surface area contributed by atoms with Crippen molar-refractivity contribution in [1.82, 2.24) is 9.78 Å². The SMILES string of the molecule is CCOC(=O)c1c(C)nn(-c2ccc(C)cc2C)c1-c1ccc(F)cc1. The van der Waals surface area contributed by atoms with E-state index in [1.807, 2.05) is 26.0 Å². The van der Waals surface area contributed by atoms with Crippen LogP contribution in [0.15, 0.2) is 42.5 Å². The van der Waals surface area contributed by atoms with Crippen LogP contribution in [0, 0.1) is 26.6 Å². The van der Waals surface area contributed by atoms with Gasteiger partial charge < -0.3 is 4.74 Å². The molecule has 0 aliphatic heterocycles. The van der Waals surface area contributed by atoms with Gasteiger partial charge in [0.1, 0.15) is 11.4 Å². The van der Waals surface area contributed by atoms with Gasteiger partial charge in [-0.15, -0.1) is 0 Å². The van der Waals surface area contributed by atoms with Gasteiger partial charge in [0.2, 0.25) is 0 Å². The van der Waals surface area contributed by atoms with Gasteiger partial charge in [0.05, 0.1) is 23.7 Å². The second kappa shape index (κ2) is 7.12. The van der Waals surface area contributed by atoms with E-state index in [-0.39, 0.29) is 12.4 Å². The van der Waals surface area contributed by atoms with Crippen LogP contribution < -0.4 is 0 Å². The van der Waals surface area contributed by atoms with Crippen molar-refractivity contribution in [1.29, 1.82) is 0 Å². The molecule has 0 saturated heterocycles. The molecule has 134 valence electrons. The quantitative estimate of drug-likeness (QED) is 0.635. The van der Waals surface area contributed by atoms with E-state index in [1.165, 1.54) is 12.1 Å². The number of nitrogens with zero attached hydrogens (tertiary/aromatic N) is 2. The Hall–Kier alpha value is -2.95. The molecule has 26 heavy (non-hydrogen) atoms. The molecule has 0 spiro atoms. The van der Waals surface area contributed by atoms with Gasteiger partial charge in [-0.2, -0.15) is 5.10 Å². The molecule has 4 nitrogen and oxygen atoms in total. The molecule has 0 saturated carbocycles. The van der Waals surface area contributed by atoms with Gasteiger partial charge in [-0.05, 0) is 63.6 Å². The number of halogens is 1. The van der Waals surface area contributed by atoms with Crippen molar-refractivity contribution in [3.05, 3.63) is 70.7 Å². The van der Waals surface area contributed by atoms with Crippen molar-refractivity contribution < 1.29 is 13.9 Å². The van der Waals surface area contributed by atoms with Gasteiger partial charge in [-0.1, -0.05) is 17.7 Å². The summed E-state index contributed by atoms with van der Waals surface area (Å²) < 4.78 is 20.4. The number of esters is 1. The van der Waals surface area contributed by atoms with Crippen molar-refractivity contribution in [2.75, 3.05) is 6.61 Å². The van der Waals surface area contributed by atoms with Crippen LogP contribution in [0.3, 0.4) is 0 Å². The number of rotatable bonds is 4. The van der Waals surface area contributed by atoms with Crippen LogP contribution in [0.2, 0.25) is 0 Å². The van der Waals surface area contributed by atoms with Crippen molar-refractivity contribution in [3.63, 3.8) is 0 Å². The molecule has 2 aromatic carbocycles. The Morgan fingerprint density at radius 3 is 2.42 bits per heavy atom. The third kappa shape index (κ3) is 3.25. The van der Waals surface area contributed by atoms with Crippen molar-refractivity contribution in [2.45, 2.75) is 27.7 Å². The summed E-state index contributed by atoms with van der Waals surface area (Å²) >= 11 is 0. The standard InChI is InChI=1S/C21H21FN2O2/c1-5-26-21(25)19-15(4)23-24(18-11-6-13(2)12-14(18)3)20(19)16-7-9-17(22)10-8-16/h6-12H,5H2,1-4H3. The lowest BCUT2D eigenvalue weighted by molar-refractivity contribution is 0.0526. The highest BCUT2D eigenvalue weighted by atomic mass is 19.1. The normalized spacial score (nSPS) is 10.8. The Labute approximate surface area is 152 Å². The molecule has 0 unspecified atom stereocenters. The van der Waals surface area contributed by atoms with Gasteiger partial charge in [0, 0.05) is 5.56 Å². The molecule has 3 rings (SSSR count). The first kappa shape index (κ1) is 17.9. The summed E-state index contributed by atoms with van der Waals surface area (Å²) in [6, 6.07) is 12.1. The van der Waals surface area contributed by atoms with Crippen LogP contribution in [-0.4, -0.2) is 22.4 Å². The minimum Gasteiger partial charge on any atom is -0.462 e. The summed E-state index contributed by atoms with van der Waals surface area (Å²) in [5, 5.41) is 4.60. The molecular formula is C21H21FN2O2. The fourth-order valence-corrected chi connectivity index (χ4v) is 3.07. The Morgan fingerprint density at radius 2 is 1.81 bits per heavy atom. The zero-order valence-electron chi connectivity index (χ0n) is 15.3. The highest BCUT2D eigenvalue weighted by molar-refractivity contribution is 5.98. The lowest BCUT2D eigenvalue weighted by atomic mass is 10.0. The number of hydrogen-bond acceptors (Lipinski definition) is 3. The van der Waals surface area contributed by atoms with Crippen molar-refractivity contribution >= 4 is 5.97 Å². The average Bonchev–Trinajstić information content (AvgIpc) is 2.93. The lowest BCUT2D eigenvalue weighted by Gasteiger charge is -2.12. The Kier molecular flexibility index (Phi) is 4.89. The number of carbonyl (C=O) groups is 1. The van der Waals surface area contributed by atoms with Gasteiger partial charge in [-0.25, -0.2) is 13.9 Å². The monoisotopic (exact) mass is 352 g/mol. The van der Waals surface area contributed by atoms with Gasteiger partial charge >= 0.3 is 5.97 Å². The molecule has 0 radical (unpaired) electrons.